The van der Waals surface area contributed by atoms with Crippen molar-refractivity contribution in [1.82, 2.24) is 19.1 Å². The van der Waals surface area contributed by atoms with Crippen LogP contribution in [0.15, 0.2) is 53.5 Å². The van der Waals surface area contributed by atoms with E-state index in [-0.39, 0.29) is 5.69 Å². The van der Waals surface area contributed by atoms with Crippen LogP contribution in [-0.4, -0.2) is 32.7 Å². The molecule has 1 aliphatic rings. The van der Waals surface area contributed by atoms with Crippen LogP contribution in [0, 0.1) is 0 Å². The minimum atomic E-state index is -0.0666. The summed E-state index contributed by atoms with van der Waals surface area (Å²) in [7, 11) is 2.15. The van der Waals surface area contributed by atoms with Gasteiger partial charge in [-0.05, 0) is 49.6 Å². The van der Waals surface area contributed by atoms with E-state index in [0.717, 1.165) is 6.54 Å². The van der Waals surface area contributed by atoms with Crippen molar-refractivity contribution in [2.75, 3.05) is 13.6 Å². The van der Waals surface area contributed by atoms with Gasteiger partial charge in [0.25, 0.3) is 0 Å². The fourth-order valence-electron chi connectivity index (χ4n) is 3.71. The van der Waals surface area contributed by atoms with Crippen LogP contribution in [0.3, 0.4) is 0 Å². The number of aryl methyl sites for hydroxylation is 1. The zero-order chi connectivity index (χ0) is 16.5. The second-order valence-electron chi connectivity index (χ2n) is 6.52. The molecule has 0 radical (unpaired) electrons. The predicted octanol–water partition coefficient (Wildman–Crippen LogP) is 2.51. The number of benzene rings is 1. The third-order valence-corrected chi connectivity index (χ3v) is 5.02. The van der Waals surface area contributed by atoms with Gasteiger partial charge in [-0.3, -0.25) is 9.30 Å². The standard InChI is InChI=1S/C19H22N4O/c1-21(17-10-6-8-15-7-2-3-9-16(15)17)13-14-23-19(24)22-12-5-4-11-18(22)20-23/h2-5,7,9,11-12,17H,6,8,10,13-14H2,1H3/t17-/m1/s1. The lowest BCUT2D eigenvalue weighted by Gasteiger charge is -2.33. The first-order chi connectivity index (χ1) is 11.7. The Bertz CT molecular complexity index is 911. The van der Waals surface area contributed by atoms with Crippen LogP contribution in [0.5, 0.6) is 0 Å². The number of pyridine rings is 1. The van der Waals surface area contributed by atoms with E-state index in [0.29, 0.717) is 18.2 Å². The molecule has 0 saturated heterocycles. The maximum absolute atomic E-state index is 12.4. The molecule has 5 nitrogen and oxygen atoms in total. The van der Waals surface area contributed by atoms with Crippen molar-refractivity contribution in [2.24, 2.45) is 0 Å². The van der Waals surface area contributed by atoms with E-state index in [1.807, 2.05) is 18.2 Å². The molecule has 24 heavy (non-hydrogen) atoms. The highest BCUT2D eigenvalue weighted by molar-refractivity contribution is 5.35. The molecule has 0 bridgehead atoms. The minimum Gasteiger partial charge on any atom is -0.298 e. The van der Waals surface area contributed by atoms with E-state index in [2.05, 4.69) is 41.3 Å². The third kappa shape index (κ3) is 2.65. The average molecular weight is 322 g/mol. The Morgan fingerprint density at radius 2 is 2.04 bits per heavy atom. The van der Waals surface area contributed by atoms with Gasteiger partial charge in [-0.1, -0.05) is 30.3 Å². The summed E-state index contributed by atoms with van der Waals surface area (Å²) < 4.78 is 3.16. The zero-order valence-electron chi connectivity index (χ0n) is 13.9. The largest absolute Gasteiger partial charge is 0.350 e. The lowest BCUT2D eigenvalue weighted by molar-refractivity contribution is 0.210. The number of rotatable bonds is 4. The number of hydrogen-bond donors (Lipinski definition) is 0. The second kappa shape index (κ2) is 6.24. The first-order valence-electron chi connectivity index (χ1n) is 8.56. The second-order valence-corrected chi connectivity index (χ2v) is 6.52. The van der Waals surface area contributed by atoms with Crippen molar-refractivity contribution in [1.29, 1.82) is 0 Å². The highest BCUT2D eigenvalue weighted by Crippen LogP contribution is 2.33. The summed E-state index contributed by atoms with van der Waals surface area (Å²) in [6.07, 6.45) is 5.34. The normalized spacial score (nSPS) is 17.3. The third-order valence-electron chi connectivity index (χ3n) is 5.02. The Morgan fingerprint density at radius 3 is 2.92 bits per heavy atom. The van der Waals surface area contributed by atoms with Crippen LogP contribution < -0.4 is 5.69 Å². The van der Waals surface area contributed by atoms with Crippen LogP contribution in [0.1, 0.15) is 30.0 Å². The van der Waals surface area contributed by atoms with E-state index in [9.17, 15) is 4.79 Å². The van der Waals surface area contributed by atoms with Gasteiger partial charge in [0.2, 0.25) is 0 Å². The van der Waals surface area contributed by atoms with E-state index < -0.39 is 0 Å². The van der Waals surface area contributed by atoms with Crippen molar-refractivity contribution in [2.45, 2.75) is 31.8 Å². The van der Waals surface area contributed by atoms with Gasteiger partial charge in [0.05, 0.1) is 6.54 Å². The molecular formula is C19H22N4O. The molecule has 1 aliphatic carbocycles. The lowest BCUT2D eigenvalue weighted by atomic mass is 9.87. The number of hydrogen-bond acceptors (Lipinski definition) is 3. The monoisotopic (exact) mass is 322 g/mol. The highest BCUT2D eigenvalue weighted by Gasteiger charge is 2.23. The SMILES string of the molecule is CN(CCn1nc2ccccn2c1=O)[C@@H]1CCCc2ccccc21. The van der Waals surface area contributed by atoms with Crippen LogP contribution in [-0.2, 0) is 13.0 Å². The molecule has 0 N–H and O–H groups in total. The molecule has 0 fully saturated rings. The molecule has 1 atom stereocenters. The maximum atomic E-state index is 12.4. The fourth-order valence-corrected chi connectivity index (χ4v) is 3.71. The Labute approximate surface area is 141 Å². The number of likely N-dealkylation sites (N-methyl/N-ethyl adjacent to an activating group) is 1. The van der Waals surface area contributed by atoms with Gasteiger partial charge in [0.15, 0.2) is 5.65 Å². The molecule has 2 heterocycles. The smallest absolute Gasteiger partial charge is 0.298 e. The molecule has 124 valence electrons. The summed E-state index contributed by atoms with van der Waals surface area (Å²) in [4.78, 5) is 14.7. The van der Waals surface area contributed by atoms with Crippen molar-refractivity contribution >= 4 is 5.65 Å². The molecule has 5 heteroatoms. The van der Waals surface area contributed by atoms with E-state index >= 15 is 0 Å². The summed E-state index contributed by atoms with van der Waals surface area (Å²) in [5.74, 6) is 0. The van der Waals surface area contributed by atoms with E-state index in [1.54, 1.807) is 15.3 Å². The lowest BCUT2D eigenvalue weighted by Crippen LogP contribution is -2.33. The van der Waals surface area contributed by atoms with E-state index in [1.165, 1.54) is 30.4 Å². The number of nitrogens with zero attached hydrogens (tertiary/aromatic N) is 4. The van der Waals surface area contributed by atoms with Gasteiger partial charge >= 0.3 is 5.69 Å². The Balaban J connectivity index is 1.52. The van der Waals surface area contributed by atoms with Gasteiger partial charge < -0.3 is 0 Å². The van der Waals surface area contributed by atoms with Crippen LogP contribution in [0.2, 0.25) is 0 Å². The van der Waals surface area contributed by atoms with Gasteiger partial charge in [-0.15, -0.1) is 5.10 Å². The van der Waals surface area contributed by atoms with Crippen LogP contribution >= 0.6 is 0 Å². The van der Waals surface area contributed by atoms with E-state index in [4.69, 9.17) is 0 Å². The zero-order valence-corrected chi connectivity index (χ0v) is 13.9. The Kier molecular flexibility index (Phi) is 3.94. The predicted molar refractivity (Wildman–Crippen MR) is 94.2 cm³/mol. The first kappa shape index (κ1) is 15.1. The van der Waals surface area contributed by atoms with Crippen molar-refractivity contribution in [3.8, 4) is 0 Å². The van der Waals surface area contributed by atoms with Gasteiger partial charge in [0, 0.05) is 18.8 Å². The molecule has 3 aromatic rings. The molecule has 0 amide bonds. The topological polar surface area (TPSA) is 42.5 Å². The average Bonchev–Trinajstić information content (AvgIpc) is 2.95. The Morgan fingerprint density at radius 1 is 1.21 bits per heavy atom. The molecular weight excluding hydrogens is 300 g/mol. The first-order valence-corrected chi connectivity index (χ1v) is 8.56. The minimum absolute atomic E-state index is 0.0666. The number of fused-ring (bicyclic) bond motifs is 2. The Hall–Kier alpha value is -2.40. The summed E-state index contributed by atoms with van der Waals surface area (Å²) >= 11 is 0. The molecule has 4 rings (SSSR count). The van der Waals surface area contributed by atoms with Crippen molar-refractivity contribution in [3.05, 3.63) is 70.3 Å². The number of aromatic nitrogens is 3. The molecule has 0 unspecified atom stereocenters. The highest BCUT2D eigenvalue weighted by atomic mass is 16.2. The van der Waals surface area contributed by atoms with Gasteiger partial charge in [-0.2, -0.15) is 0 Å². The fraction of sp³-hybridized carbons (Fsp3) is 0.368. The molecule has 0 aliphatic heterocycles. The molecule has 1 aromatic carbocycles. The summed E-state index contributed by atoms with van der Waals surface area (Å²) in [5.41, 5.74) is 3.54. The molecule has 0 saturated carbocycles. The molecule has 2 aromatic heterocycles. The van der Waals surface area contributed by atoms with Crippen LogP contribution in [0.4, 0.5) is 0 Å². The maximum Gasteiger partial charge on any atom is 0.350 e. The quantitative estimate of drug-likeness (QED) is 0.741. The summed E-state index contributed by atoms with van der Waals surface area (Å²) in [6.45, 7) is 1.42. The molecule has 0 spiro atoms. The summed E-state index contributed by atoms with van der Waals surface area (Å²) in [6, 6.07) is 14.8. The van der Waals surface area contributed by atoms with Crippen molar-refractivity contribution in [3.63, 3.8) is 0 Å². The van der Waals surface area contributed by atoms with Crippen molar-refractivity contribution < 1.29 is 0 Å². The van der Waals surface area contributed by atoms with Gasteiger partial charge in [-0.25, -0.2) is 9.48 Å². The summed E-state index contributed by atoms with van der Waals surface area (Å²) in [5, 5.41) is 4.41. The van der Waals surface area contributed by atoms with Gasteiger partial charge in [0.1, 0.15) is 0 Å². The van der Waals surface area contributed by atoms with Crippen LogP contribution in [0.25, 0.3) is 5.65 Å².